The summed E-state index contributed by atoms with van der Waals surface area (Å²) in [5.41, 5.74) is 0.546. The molecular weight excluding hydrogens is 300 g/mol. The third-order valence-electron chi connectivity index (χ3n) is 3.43. The summed E-state index contributed by atoms with van der Waals surface area (Å²) in [5.74, 6) is 0.120. The van der Waals surface area contributed by atoms with E-state index in [-0.39, 0.29) is 11.9 Å². The van der Waals surface area contributed by atoms with Gasteiger partial charge in [0.1, 0.15) is 5.60 Å². The van der Waals surface area contributed by atoms with E-state index in [1.165, 1.54) is 0 Å². The van der Waals surface area contributed by atoms with E-state index in [1.807, 2.05) is 42.5 Å². The maximum absolute atomic E-state index is 12.3. The van der Waals surface area contributed by atoms with Crippen molar-refractivity contribution in [1.29, 1.82) is 0 Å². The normalized spacial score (nSPS) is 18.9. The average molecular weight is 324 g/mol. The molecule has 22 heavy (non-hydrogen) atoms. The molecule has 5 nitrogen and oxygen atoms in total. The standard InChI is InChI=1S/C16H24N2O3S/c1-16(2,3)21-15(20)17-13-5-4-7-18(10-13)14(19)9-12-6-8-22-11-12/h6,8,11,13H,4-5,7,9-10H2,1-3H3,(H,17,20)/t13-/m1/s1. The number of amides is 2. The van der Waals surface area contributed by atoms with E-state index in [1.54, 1.807) is 11.3 Å². The molecule has 1 aliphatic heterocycles. The van der Waals surface area contributed by atoms with E-state index in [0.717, 1.165) is 24.9 Å². The molecule has 1 N–H and O–H groups in total. The molecule has 0 radical (unpaired) electrons. The molecule has 1 saturated heterocycles. The molecule has 122 valence electrons. The minimum Gasteiger partial charge on any atom is -0.444 e. The molecule has 2 amide bonds. The number of alkyl carbamates (subject to hydrolysis) is 1. The highest BCUT2D eigenvalue weighted by Gasteiger charge is 2.26. The summed E-state index contributed by atoms with van der Waals surface area (Å²) in [4.78, 5) is 26.0. The first-order chi connectivity index (χ1) is 10.3. The van der Waals surface area contributed by atoms with Crippen LogP contribution in [0.2, 0.25) is 0 Å². The smallest absolute Gasteiger partial charge is 0.407 e. The summed E-state index contributed by atoms with van der Waals surface area (Å²) in [6, 6.07) is 1.94. The van der Waals surface area contributed by atoms with Crippen LogP contribution in [0.5, 0.6) is 0 Å². The minimum absolute atomic E-state index is 0.0324. The quantitative estimate of drug-likeness (QED) is 0.930. The first-order valence-electron chi connectivity index (χ1n) is 7.62. The first-order valence-corrected chi connectivity index (χ1v) is 8.56. The average Bonchev–Trinajstić information content (AvgIpc) is 2.89. The third-order valence-corrected chi connectivity index (χ3v) is 4.16. The highest BCUT2D eigenvalue weighted by atomic mass is 32.1. The Balaban J connectivity index is 1.83. The Morgan fingerprint density at radius 2 is 2.23 bits per heavy atom. The van der Waals surface area contributed by atoms with Gasteiger partial charge in [-0.1, -0.05) is 0 Å². The molecule has 1 fully saturated rings. The fourth-order valence-corrected chi connectivity index (χ4v) is 3.14. The summed E-state index contributed by atoms with van der Waals surface area (Å²) < 4.78 is 5.27. The lowest BCUT2D eigenvalue weighted by atomic mass is 10.0. The summed E-state index contributed by atoms with van der Waals surface area (Å²) in [7, 11) is 0. The zero-order chi connectivity index (χ0) is 16.2. The minimum atomic E-state index is -0.507. The van der Waals surface area contributed by atoms with Crippen LogP contribution < -0.4 is 5.32 Å². The molecule has 1 aromatic heterocycles. The molecule has 6 heteroatoms. The zero-order valence-electron chi connectivity index (χ0n) is 13.4. The van der Waals surface area contributed by atoms with Gasteiger partial charge in [0, 0.05) is 19.1 Å². The second-order valence-corrected chi connectivity index (χ2v) is 7.41. The second kappa shape index (κ2) is 7.13. The van der Waals surface area contributed by atoms with Gasteiger partial charge in [-0.3, -0.25) is 4.79 Å². The van der Waals surface area contributed by atoms with Crippen LogP contribution in [-0.2, 0) is 16.0 Å². The molecule has 2 heterocycles. The van der Waals surface area contributed by atoms with Crippen molar-refractivity contribution >= 4 is 23.3 Å². The molecule has 1 atom stereocenters. The second-order valence-electron chi connectivity index (χ2n) is 6.63. The predicted octanol–water partition coefficient (Wildman–Crippen LogP) is 2.81. The van der Waals surface area contributed by atoms with Crippen molar-refractivity contribution in [2.24, 2.45) is 0 Å². The lowest BCUT2D eigenvalue weighted by Gasteiger charge is -2.33. The summed E-state index contributed by atoms with van der Waals surface area (Å²) >= 11 is 1.60. The molecule has 1 aliphatic rings. The first kappa shape index (κ1) is 16.8. The molecule has 0 aliphatic carbocycles. The Morgan fingerprint density at radius 1 is 1.45 bits per heavy atom. The Bertz CT molecular complexity index is 508. The van der Waals surface area contributed by atoms with Crippen LogP contribution in [0.3, 0.4) is 0 Å². The van der Waals surface area contributed by atoms with Gasteiger partial charge in [0.25, 0.3) is 0 Å². The van der Waals surface area contributed by atoms with Crippen LogP contribution in [-0.4, -0.2) is 41.6 Å². The molecule has 1 aromatic rings. The van der Waals surface area contributed by atoms with Crippen molar-refractivity contribution < 1.29 is 14.3 Å². The number of ether oxygens (including phenoxy) is 1. The summed E-state index contributed by atoms with van der Waals surface area (Å²) in [6.45, 7) is 6.83. The Hall–Kier alpha value is -1.56. The number of nitrogens with one attached hydrogen (secondary N) is 1. The number of thiophene rings is 1. The van der Waals surface area contributed by atoms with Crippen molar-refractivity contribution in [3.8, 4) is 0 Å². The van der Waals surface area contributed by atoms with Gasteiger partial charge in [-0.25, -0.2) is 4.79 Å². The number of carbonyl (C=O) groups is 2. The number of likely N-dealkylation sites (tertiary alicyclic amines) is 1. The van der Waals surface area contributed by atoms with Crippen molar-refractivity contribution in [3.63, 3.8) is 0 Å². The molecule has 2 rings (SSSR count). The van der Waals surface area contributed by atoms with Gasteiger partial charge in [0.05, 0.1) is 6.42 Å². The molecule has 0 bridgehead atoms. The Morgan fingerprint density at radius 3 is 2.86 bits per heavy atom. The topological polar surface area (TPSA) is 58.6 Å². The van der Waals surface area contributed by atoms with E-state index in [2.05, 4.69) is 5.32 Å². The lowest BCUT2D eigenvalue weighted by molar-refractivity contribution is -0.131. The van der Waals surface area contributed by atoms with Crippen molar-refractivity contribution in [1.82, 2.24) is 10.2 Å². The Labute approximate surface area is 135 Å². The van der Waals surface area contributed by atoms with Crippen molar-refractivity contribution in [2.45, 2.75) is 51.7 Å². The third kappa shape index (κ3) is 5.33. The largest absolute Gasteiger partial charge is 0.444 e. The van der Waals surface area contributed by atoms with Gasteiger partial charge in [-0.05, 0) is 56.0 Å². The van der Waals surface area contributed by atoms with Crippen LogP contribution in [0.1, 0.15) is 39.2 Å². The Kier molecular flexibility index (Phi) is 5.45. The monoisotopic (exact) mass is 324 g/mol. The number of carbonyl (C=O) groups excluding carboxylic acids is 2. The van der Waals surface area contributed by atoms with Crippen LogP contribution in [0, 0.1) is 0 Å². The van der Waals surface area contributed by atoms with Crippen LogP contribution in [0.4, 0.5) is 4.79 Å². The number of hydrogen-bond acceptors (Lipinski definition) is 4. The van der Waals surface area contributed by atoms with E-state index in [9.17, 15) is 9.59 Å². The fourth-order valence-electron chi connectivity index (χ4n) is 2.48. The molecule has 0 saturated carbocycles. The fraction of sp³-hybridized carbons (Fsp3) is 0.625. The highest BCUT2D eigenvalue weighted by molar-refractivity contribution is 7.07. The van der Waals surface area contributed by atoms with Gasteiger partial charge in [0.15, 0.2) is 0 Å². The van der Waals surface area contributed by atoms with Crippen molar-refractivity contribution in [3.05, 3.63) is 22.4 Å². The van der Waals surface area contributed by atoms with E-state index < -0.39 is 11.7 Å². The number of piperidine rings is 1. The van der Waals surface area contributed by atoms with Crippen LogP contribution >= 0.6 is 11.3 Å². The summed E-state index contributed by atoms with van der Waals surface area (Å²) in [5, 5.41) is 6.84. The number of hydrogen-bond donors (Lipinski definition) is 1. The van der Waals surface area contributed by atoms with Crippen LogP contribution in [0.25, 0.3) is 0 Å². The highest BCUT2D eigenvalue weighted by Crippen LogP contribution is 2.15. The molecular formula is C16H24N2O3S. The van der Waals surface area contributed by atoms with Crippen LogP contribution in [0.15, 0.2) is 16.8 Å². The van der Waals surface area contributed by atoms with Gasteiger partial charge in [0.2, 0.25) is 5.91 Å². The van der Waals surface area contributed by atoms with Gasteiger partial charge in [-0.15, -0.1) is 0 Å². The number of rotatable bonds is 3. The maximum atomic E-state index is 12.3. The van der Waals surface area contributed by atoms with Gasteiger partial charge >= 0.3 is 6.09 Å². The number of nitrogens with zero attached hydrogens (tertiary/aromatic N) is 1. The SMILES string of the molecule is CC(C)(C)OC(=O)N[C@@H]1CCCN(C(=O)Cc2ccsc2)C1. The van der Waals surface area contributed by atoms with Gasteiger partial charge < -0.3 is 15.0 Å². The molecule has 0 aromatic carbocycles. The zero-order valence-corrected chi connectivity index (χ0v) is 14.2. The predicted molar refractivity (Wildman–Crippen MR) is 87.0 cm³/mol. The summed E-state index contributed by atoms with van der Waals surface area (Å²) in [6.07, 6.45) is 1.80. The van der Waals surface area contributed by atoms with E-state index in [4.69, 9.17) is 4.74 Å². The molecule has 0 spiro atoms. The lowest BCUT2D eigenvalue weighted by Crippen LogP contribution is -2.50. The van der Waals surface area contributed by atoms with Gasteiger partial charge in [-0.2, -0.15) is 11.3 Å². The van der Waals surface area contributed by atoms with Crippen molar-refractivity contribution in [2.75, 3.05) is 13.1 Å². The maximum Gasteiger partial charge on any atom is 0.407 e. The van der Waals surface area contributed by atoms with E-state index >= 15 is 0 Å². The molecule has 0 unspecified atom stereocenters. The van der Waals surface area contributed by atoms with E-state index in [0.29, 0.717) is 13.0 Å².